The molecule has 2 aliphatic rings. The summed E-state index contributed by atoms with van der Waals surface area (Å²) in [6, 6.07) is 6.48. The molecule has 3 nitrogen and oxygen atoms in total. The predicted octanol–water partition coefficient (Wildman–Crippen LogP) is 1.90. The SMILES string of the molecule is Clc1ccc2c(c1)OCCC1CNCCN21. The fraction of sp³-hybridized carbons (Fsp3) is 0.500. The van der Waals surface area contributed by atoms with Crippen molar-refractivity contribution in [3.05, 3.63) is 23.2 Å². The molecular formula is C12H15ClN2O. The summed E-state index contributed by atoms with van der Waals surface area (Å²) in [6.45, 7) is 3.91. The van der Waals surface area contributed by atoms with Crippen LogP contribution in [-0.2, 0) is 0 Å². The number of halogens is 1. The van der Waals surface area contributed by atoms with Gasteiger partial charge in [-0.05, 0) is 12.1 Å². The number of fused-ring (bicyclic) bond motifs is 3. The first-order chi connectivity index (χ1) is 7.84. The first kappa shape index (κ1) is 10.2. The Morgan fingerprint density at radius 3 is 3.31 bits per heavy atom. The summed E-state index contributed by atoms with van der Waals surface area (Å²) in [7, 11) is 0. The fourth-order valence-electron chi connectivity index (χ4n) is 2.48. The van der Waals surface area contributed by atoms with E-state index in [4.69, 9.17) is 16.3 Å². The standard InChI is InChI=1S/C12H15ClN2O/c13-9-1-2-11-12(7-9)16-6-3-10-8-14-4-5-15(10)11/h1-2,7,10,14H,3-6,8H2. The number of benzene rings is 1. The Morgan fingerprint density at radius 1 is 1.44 bits per heavy atom. The van der Waals surface area contributed by atoms with Crippen LogP contribution in [0.4, 0.5) is 5.69 Å². The molecule has 2 heterocycles. The number of piperazine rings is 1. The quantitative estimate of drug-likeness (QED) is 0.747. The van der Waals surface area contributed by atoms with Gasteiger partial charge in [0.25, 0.3) is 0 Å². The molecule has 0 bridgehead atoms. The second-order valence-corrected chi connectivity index (χ2v) is 4.74. The van der Waals surface area contributed by atoms with E-state index in [-0.39, 0.29) is 0 Å². The van der Waals surface area contributed by atoms with Crippen LogP contribution in [-0.4, -0.2) is 32.3 Å². The smallest absolute Gasteiger partial charge is 0.144 e. The van der Waals surface area contributed by atoms with Crippen LogP contribution in [0, 0.1) is 0 Å². The van der Waals surface area contributed by atoms with Gasteiger partial charge in [0.05, 0.1) is 12.3 Å². The number of hydrogen-bond donors (Lipinski definition) is 1. The van der Waals surface area contributed by atoms with E-state index in [1.165, 1.54) is 5.69 Å². The van der Waals surface area contributed by atoms with Crippen molar-refractivity contribution < 1.29 is 4.74 Å². The van der Waals surface area contributed by atoms with Gasteiger partial charge in [-0.25, -0.2) is 0 Å². The minimum atomic E-state index is 0.552. The molecule has 0 radical (unpaired) electrons. The molecular weight excluding hydrogens is 224 g/mol. The van der Waals surface area contributed by atoms with E-state index in [2.05, 4.69) is 16.3 Å². The van der Waals surface area contributed by atoms with E-state index < -0.39 is 0 Å². The average molecular weight is 239 g/mol. The van der Waals surface area contributed by atoms with E-state index >= 15 is 0 Å². The van der Waals surface area contributed by atoms with Gasteiger partial charge in [-0.15, -0.1) is 0 Å². The van der Waals surface area contributed by atoms with E-state index in [0.29, 0.717) is 6.04 Å². The van der Waals surface area contributed by atoms with E-state index in [1.54, 1.807) is 0 Å². The van der Waals surface area contributed by atoms with Gasteiger partial charge in [0, 0.05) is 43.2 Å². The summed E-state index contributed by atoms with van der Waals surface area (Å²) in [5, 5.41) is 4.17. The molecule has 0 aliphatic carbocycles. The molecule has 4 heteroatoms. The van der Waals surface area contributed by atoms with Gasteiger partial charge < -0.3 is 15.0 Å². The fourth-order valence-corrected chi connectivity index (χ4v) is 2.64. The lowest BCUT2D eigenvalue weighted by atomic mass is 10.1. The van der Waals surface area contributed by atoms with Crippen LogP contribution in [0.25, 0.3) is 0 Å². The van der Waals surface area contributed by atoms with Crippen LogP contribution in [0.2, 0.25) is 5.02 Å². The Labute approximate surface area is 100 Å². The average Bonchev–Trinajstić information content (AvgIpc) is 2.47. The number of anilines is 1. The molecule has 1 unspecified atom stereocenters. The van der Waals surface area contributed by atoms with E-state index in [9.17, 15) is 0 Å². The van der Waals surface area contributed by atoms with Crippen molar-refractivity contribution in [1.82, 2.24) is 5.32 Å². The molecule has 86 valence electrons. The topological polar surface area (TPSA) is 24.5 Å². The third-order valence-corrected chi connectivity index (χ3v) is 3.53. The monoisotopic (exact) mass is 238 g/mol. The van der Waals surface area contributed by atoms with Crippen LogP contribution in [0.1, 0.15) is 6.42 Å². The Hall–Kier alpha value is -0.930. The molecule has 0 spiro atoms. The van der Waals surface area contributed by atoms with Crippen molar-refractivity contribution in [3.63, 3.8) is 0 Å². The molecule has 2 aliphatic heterocycles. The maximum atomic E-state index is 5.99. The molecule has 0 amide bonds. The van der Waals surface area contributed by atoms with Crippen molar-refractivity contribution in [2.24, 2.45) is 0 Å². The molecule has 3 rings (SSSR count). The molecule has 1 aromatic carbocycles. The highest BCUT2D eigenvalue weighted by Gasteiger charge is 2.27. The van der Waals surface area contributed by atoms with E-state index in [0.717, 1.165) is 43.4 Å². The summed E-state index contributed by atoms with van der Waals surface area (Å²) >= 11 is 5.99. The highest BCUT2D eigenvalue weighted by atomic mass is 35.5. The number of ether oxygens (including phenoxy) is 1. The Bertz CT molecular complexity index is 397. The van der Waals surface area contributed by atoms with Crippen LogP contribution in [0.5, 0.6) is 5.75 Å². The van der Waals surface area contributed by atoms with Gasteiger partial charge in [-0.2, -0.15) is 0 Å². The van der Waals surface area contributed by atoms with Gasteiger partial charge in [0.2, 0.25) is 0 Å². The number of rotatable bonds is 0. The lowest BCUT2D eigenvalue weighted by Gasteiger charge is -2.36. The van der Waals surface area contributed by atoms with Crippen molar-refractivity contribution in [1.29, 1.82) is 0 Å². The summed E-state index contributed by atoms with van der Waals surface area (Å²) < 4.78 is 5.77. The van der Waals surface area contributed by atoms with Crippen LogP contribution in [0.3, 0.4) is 0 Å². The molecule has 1 fully saturated rings. The summed E-state index contributed by atoms with van der Waals surface area (Å²) in [5.74, 6) is 0.928. The summed E-state index contributed by atoms with van der Waals surface area (Å²) in [4.78, 5) is 2.44. The Balaban J connectivity index is 2.00. The zero-order valence-electron chi connectivity index (χ0n) is 9.08. The zero-order valence-corrected chi connectivity index (χ0v) is 9.83. The Morgan fingerprint density at radius 2 is 2.38 bits per heavy atom. The van der Waals surface area contributed by atoms with Crippen molar-refractivity contribution in [3.8, 4) is 5.75 Å². The summed E-state index contributed by atoms with van der Waals surface area (Å²) in [5.41, 5.74) is 1.19. The van der Waals surface area contributed by atoms with Crippen molar-refractivity contribution >= 4 is 17.3 Å². The lowest BCUT2D eigenvalue weighted by molar-refractivity contribution is 0.304. The third-order valence-electron chi connectivity index (χ3n) is 3.29. The number of hydrogen-bond acceptors (Lipinski definition) is 3. The zero-order chi connectivity index (χ0) is 11.0. The maximum Gasteiger partial charge on any atom is 0.144 e. The van der Waals surface area contributed by atoms with Crippen LogP contribution < -0.4 is 15.0 Å². The van der Waals surface area contributed by atoms with Crippen LogP contribution in [0.15, 0.2) is 18.2 Å². The van der Waals surface area contributed by atoms with Gasteiger partial charge >= 0.3 is 0 Å². The first-order valence-electron chi connectivity index (χ1n) is 5.74. The van der Waals surface area contributed by atoms with Crippen LogP contribution >= 0.6 is 11.6 Å². The van der Waals surface area contributed by atoms with Gasteiger partial charge in [0.15, 0.2) is 0 Å². The van der Waals surface area contributed by atoms with E-state index in [1.807, 2.05) is 12.1 Å². The minimum absolute atomic E-state index is 0.552. The molecule has 0 saturated carbocycles. The highest BCUT2D eigenvalue weighted by molar-refractivity contribution is 6.30. The molecule has 0 aromatic heterocycles. The molecule has 1 aromatic rings. The highest BCUT2D eigenvalue weighted by Crippen LogP contribution is 2.35. The number of nitrogens with zero attached hydrogens (tertiary/aromatic N) is 1. The van der Waals surface area contributed by atoms with Gasteiger partial charge in [-0.3, -0.25) is 0 Å². The lowest BCUT2D eigenvalue weighted by Crippen LogP contribution is -2.51. The minimum Gasteiger partial charge on any atom is -0.491 e. The molecule has 1 atom stereocenters. The second kappa shape index (κ2) is 4.15. The number of nitrogens with one attached hydrogen (secondary N) is 1. The predicted molar refractivity (Wildman–Crippen MR) is 65.6 cm³/mol. The maximum absolute atomic E-state index is 5.99. The normalized spacial score (nSPS) is 24.1. The largest absolute Gasteiger partial charge is 0.491 e. The summed E-state index contributed by atoms with van der Waals surface area (Å²) in [6.07, 6.45) is 1.07. The Kier molecular flexibility index (Phi) is 2.65. The first-order valence-corrected chi connectivity index (χ1v) is 6.12. The third kappa shape index (κ3) is 1.74. The van der Waals surface area contributed by atoms with Gasteiger partial charge in [0.1, 0.15) is 5.75 Å². The second-order valence-electron chi connectivity index (χ2n) is 4.30. The van der Waals surface area contributed by atoms with Crippen molar-refractivity contribution in [2.45, 2.75) is 12.5 Å². The molecule has 1 N–H and O–H groups in total. The van der Waals surface area contributed by atoms with Crippen molar-refractivity contribution in [2.75, 3.05) is 31.1 Å². The molecule has 16 heavy (non-hydrogen) atoms. The van der Waals surface area contributed by atoms with Gasteiger partial charge in [-0.1, -0.05) is 11.6 Å². The molecule has 1 saturated heterocycles.